The van der Waals surface area contributed by atoms with Gasteiger partial charge in [0.15, 0.2) is 11.0 Å². The van der Waals surface area contributed by atoms with E-state index in [0.717, 1.165) is 60.0 Å². The molecule has 3 aromatic carbocycles. The number of amides is 2. The molecule has 0 aliphatic carbocycles. The van der Waals surface area contributed by atoms with Gasteiger partial charge in [0, 0.05) is 60.9 Å². The summed E-state index contributed by atoms with van der Waals surface area (Å²) in [6.07, 6.45) is 0. The van der Waals surface area contributed by atoms with Gasteiger partial charge in [0.1, 0.15) is 11.4 Å². The maximum atomic E-state index is 12.4. The fourth-order valence-corrected chi connectivity index (χ4v) is 4.76. The number of rotatable bonds is 6. The number of carbonyl (C=O) groups is 1. The van der Waals surface area contributed by atoms with E-state index in [1.807, 2.05) is 42.5 Å². The van der Waals surface area contributed by atoms with Crippen LogP contribution in [0.4, 0.5) is 21.9 Å². The smallest absolute Gasteiger partial charge is 0.323 e. The minimum absolute atomic E-state index is 0.330. The molecule has 10 heteroatoms. The molecule has 1 aliphatic rings. The number of H-pyrrole nitrogens is 3. The lowest BCUT2D eigenvalue weighted by atomic mass is 10.1. The second-order valence-corrected chi connectivity index (χ2v) is 9.70. The van der Waals surface area contributed by atoms with E-state index in [9.17, 15) is 4.79 Å². The number of aromatic amines is 3. The molecule has 0 bridgehead atoms. The third-order valence-electron chi connectivity index (χ3n) is 7.00. The molecule has 198 valence electrons. The lowest BCUT2D eigenvalue weighted by Crippen LogP contribution is -2.44. The second kappa shape index (κ2) is 10.5. The van der Waals surface area contributed by atoms with Crippen LogP contribution in [0.3, 0.4) is 0 Å². The molecule has 0 unspecified atom stereocenters. The first kappa shape index (κ1) is 24.5. The van der Waals surface area contributed by atoms with Gasteiger partial charge in [0.05, 0.1) is 12.8 Å². The number of nitrogens with one attached hydrogen (secondary N) is 5. The Morgan fingerprint density at radius 3 is 2.54 bits per heavy atom. The topological polar surface area (TPSA) is 115 Å². The molecule has 0 atom stereocenters. The van der Waals surface area contributed by atoms with E-state index in [0.29, 0.717) is 17.1 Å². The Morgan fingerprint density at radius 2 is 1.74 bits per heavy atom. The fourth-order valence-electron chi connectivity index (χ4n) is 4.76. The number of anilines is 3. The molecule has 1 saturated heterocycles. The van der Waals surface area contributed by atoms with Crippen LogP contribution in [0.15, 0.2) is 72.8 Å². The van der Waals surface area contributed by atoms with Crippen molar-refractivity contribution in [3.05, 3.63) is 72.8 Å². The van der Waals surface area contributed by atoms with E-state index in [4.69, 9.17) is 4.74 Å². The quantitative estimate of drug-likeness (QED) is 0.263. The lowest BCUT2D eigenvalue weighted by molar-refractivity contribution is -0.330. The highest BCUT2D eigenvalue weighted by atomic mass is 16.5. The zero-order valence-electron chi connectivity index (χ0n) is 21.9. The fraction of sp³-hybridized carbons (Fsp3) is 0.207. The van der Waals surface area contributed by atoms with Crippen molar-refractivity contribution < 1.29 is 14.5 Å². The zero-order valence-corrected chi connectivity index (χ0v) is 21.9. The summed E-state index contributed by atoms with van der Waals surface area (Å²) in [5.41, 5.74) is 7.26. The van der Waals surface area contributed by atoms with Crippen LogP contribution in [0.25, 0.3) is 33.8 Å². The van der Waals surface area contributed by atoms with Gasteiger partial charge in [-0.25, -0.2) is 14.8 Å². The second-order valence-electron chi connectivity index (χ2n) is 9.70. The molecule has 0 saturated carbocycles. The van der Waals surface area contributed by atoms with Crippen LogP contribution in [0, 0.1) is 0 Å². The van der Waals surface area contributed by atoms with Crippen molar-refractivity contribution in [2.75, 3.05) is 55.9 Å². The normalized spacial score (nSPS) is 13.9. The molecule has 0 spiro atoms. The van der Waals surface area contributed by atoms with E-state index in [1.165, 1.54) is 5.69 Å². The number of nitrogens with zero attached hydrogens (tertiary/aromatic N) is 3. The lowest BCUT2D eigenvalue weighted by Gasteiger charge is -2.33. The van der Waals surface area contributed by atoms with Crippen molar-refractivity contribution in [3.8, 4) is 28.5 Å². The highest BCUT2D eigenvalue weighted by Gasteiger charge is 2.19. The van der Waals surface area contributed by atoms with Crippen LogP contribution < -0.4 is 25.3 Å². The first-order valence-corrected chi connectivity index (χ1v) is 12.9. The summed E-state index contributed by atoms with van der Waals surface area (Å²) >= 11 is 0. The van der Waals surface area contributed by atoms with E-state index >= 15 is 0 Å². The Labute approximate surface area is 226 Å². The van der Waals surface area contributed by atoms with Crippen LogP contribution in [-0.4, -0.2) is 66.4 Å². The summed E-state index contributed by atoms with van der Waals surface area (Å²) in [5.74, 6) is 1.54. The van der Waals surface area contributed by atoms with E-state index < -0.39 is 0 Å². The van der Waals surface area contributed by atoms with E-state index in [-0.39, 0.29) is 6.03 Å². The van der Waals surface area contributed by atoms with Gasteiger partial charge < -0.3 is 25.2 Å². The molecule has 6 rings (SSSR count). The Hall–Kier alpha value is -4.83. The van der Waals surface area contributed by atoms with Crippen LogP contribution in [0.5, 0.6) is 5.75 Å². The van der Waals surface area contributed by atoms with Gasteiger partial charge >= 0.3 is 11.9 Å². The van der Waals surface area contributed by atoms with Gasteiger partial charge in [0.2, 0.25) is 0 Å². The Balaban J connectivity index is 1.12. The average Bonchev–Trinajstić information content (AvgIpc) is 3.61. The van der Waals surface area contributed by atoms with E-state index in [2.05, 4.69) is 65.8 Å². The molecule has 1 fully saturated rings. The summed E-state index contributed by atoms with van der Waals surface area (Å²) in [6.45, 7) is 4.21. The molecule has 5 aromatic rings. The third kappa shape index (κ3) is 5.41. The summed E-state index contributed by atoms with van der Waals surface area (Å²) in [7, 11) is 3.76. The number of hydrogen-bond acceptors (Lipinski definition) is 5. The Bertz CT molecular complexity index is 1600. The monoisotopic (exact) mass is 523 g/mol. The van der Waals surface area contributed by atoms with Crippen molar-refractivity contribution >= 4 is 34.1 Å². The number of aromatic nitrogens is 4. The van der Waals surface area contributed by atoms with Gasteiger partial charge in [-0.05, 0) is 49.5 Å². The molecular weight excluding hydrogens is 492 g/mol. The van der Waals surface area contributed by atoms with Crippen molar-refractivity contribution in [1.82, 2.24) is 20.1 Å². The molecular formula is C29H31N8O2+. The van der Waals surface area contributed by atoms with Gasteiger partial charge in [-0.2, -0.15) is 5.10 Å². The number of methoxy groups -OCH3 is 1. The number of benzene rings is 3. The first-order valence-electron chi connectivity index (χ1n) is 12.9. The molecule has 2 aromatic heterocycles. The Morgan fingerprint density at radius 1 is 0.949 bits per heavy atom. The minimum atomic E-state index is -0.330. The third-order valence-corrected chi connectivity index (χ3v) is 7.00. The molecule has 1 aliphatic heterocycles. The maximum absolute atomic E-state index is 12.4. The first-order chi connectivity index (χ1) is 19.0. The van der Waals surface area contributed by atoms with Crippen LogP contribution >= 0.6 is 0 Å². The number of carbonyl (C=O) groups excluding carboxylic acids is 1. The minimum Gasteiger partial charge on any atom is -0.497 e. The van der Waals surface area contributed by atoms with Crippen molar-refractivity contribution in [2.24, 2.45) is 0 Å². The number of fused-ring (bicyclic) bond motifs is 1. The summed E-state index contributed by atoms with van der Waals surface area (Å²) in [5, 5.41) is 13.3. The number of imidazole rings is 1. The number of ether oxygens (including phenoxy) is 1. The van der Waals surface area contributed by atoms with Crippen LogP contribution in [0.1, 0.15) is 0 Å². The van der Waals surface area contributed by atoms with Crippen molar-refractivity contribution in [3.63, 3.8) is 0 Å². The number of urea groups is 1. The highest BCUT2D eigenvalue weighted by molar-refractivity contribution is 6.00. The van der Waals surface area contributed by atoms with Crippen molar-refractivity contribution in [1.29, 1.82) is 0 Å². The molecule has 10 nitrogen and oxygen atoms in total. The number of likely N-dealkylation sites (N-methyl/N-ethyl adjacent to an activating group) is 1. The van der Waals surface area contributed by atoms with Crippen LogP contribution in [0.2, 0.25) is 0 Å². The zero-order chi connectivity index (χ0) is 26.8. The molecule has 3 heterocycles. The molecule has 5 N–H and O–H groups in total. The molecule has 0 radical (unpaired) electrons. The summed E-state index contributed by atoms with van der Waals surface area (Å²) in [6, 6.07) is 22.9. The maximum Gasteiger partial charge on any atom is 0.323 e. The van der Waals surface area contributed by atoms with Crippen LogP contribution in [-0.2, 0) is 0 Å². The van der Waals surface area contributed by atoms with Gasteiger partial charge in [-0.15, -0.1) is 0 Å². The average molecular weight is 524 g/mol. The van der Waals surface area contributed by atoms with Crippen molar-refractivity contribution in [2.45, 2.75) is 0 Å². The number of piperazine rings is 1. The van der Waals surface area contributed by atoms with Gasteiger partial charge in [-0.1, -0.05) is 18.2 Å². The number of hydrogen-bond donors (Lipinski definition) is 4. The molecule has 39 heavy (non-hydrogen) atoms. The predicted octanol–water partition coefficient (Wildman–Crippen LogP) is 4.44. The standard InChI is InChI=1S/C29H30N8O2/c1-36-12-14-37(15-13-36)22-10-11-24-26(17-22)33-28(32-24)27-18-25(34-35-27)19-6-8-20(9-7-19)30-29(38)31-21-4-3-5-23(16-21)39-2/h3-11,16-18H,12-15H2,1-2H3,(H,32,33)(H,34,35)(H2,30,31,38)/p+1. The Kier molecular flexibility index (Phi) is 6.60. The highest BCUT2D eigenvalue weighted by Crippen LogP contribution is 2.26. The predicted molar refractivity (Wildman–Crippen MR) is 153 cm³/mol. The molecule has 2 amide bonds. The van der Waals surface area contributed by atoms with Gasteiger partial charge in [0.25, 0.3) is 0 Å². The largest absolute Gasteiger partial charge is 0.497 e. The summed E-state index contributed by atoms with van der Waals surface area (Å²) < 4.78 is 5.20. The van der Waals surface area contributed by atoms with E-state index in [1.54, 1.807) is 19.2 Å². The van der Waals surface area contributed by atoms with Gasteiger partial charge in [-0.3, -0.25) is 5.10 Å². The SMILES string of the molecule is COc1cccc(NC(=O)Nc2ccc(-c3cc(-c4[nH]c5cc(N6CCN(C)CC6)ccc5[nH+]4)[nH]n3)cc2)c1. The summed E-state index contributed by atoms with van der Waals surface area (Å²) in [4.78, 5) is 24.1.